The van der Waals surface area contributed by atoms with Crippen LogP contribution in [0.5, 0.6) is 0 Å². The monoisotopic (exact) mass is 484 g/mol. The van der Waals surface area contributed by atoms with Crippen molar-refractivity contribution in [2.45, 2.75) is 65.1 Å². The second-order valence-corrected chi connectivity index (χ2v) is 5.16. The van der Waals surface area contributed by atoms with Gasteiger partial charge in [0.1, 0.15) is 0 Å². The van der Waals surface area contributed by atoms with E-state index in [0.717, 1.165) is 7.11 Å². The zero-order valence-corrected chi connectivity index (χ0v) is 19.8. The summed E-state index contributed by atoms with van der Waals surface area (Å²) in [5.74, 6) is 0. The molecule has 11 N–H and O–H groups in total. The van der Waals surface area contributed by atoms with Crippen LogP contribution in [0.25, 0.3) is 0 Å². The summed E-state index contributed by atoms with van der Waals surface area (Å²) in [6, 6.07) is 0. The molecule has 11 nitrogen and oxygen atoms in total. The molecule has 0 aromatic rings. The number of aliphatic hydroxyl groups is 11. The van der Waals surface area contributed by atoms with Crippen LogP contribution < -0.4 is 0 Å². The van der Waals surface area contributed by atoms with E-state index in [1.165, 1.54) is 34.6 Å². The minimum absolute atomic E-state index is 0. The van der Waals surface area contributed by atoms with E-state index in [0.29, 0.717) is 0 Å². The molecule has 0 spiro atoms. The highest BCUT2D eigenvalue weighted by Gasteiger charge is 1.85. The summed E-state index contributed by atoms with van der Waals surface area (Å²) in [7, 11) is 1.00. The van der Waals surface area contributed by atoms with E-state index in [4.69, 9.17) is 56.2 Å². The van der Waals surface area contributed by atoms with Crippen LogP contribution in [0.15, 0.2) is 0 Å². The molecule has 0 aliphatic heterocycles. The SMILES string of the molecule is CC(O)CO.CC(O)CO.CC(O)CO.CC(O)CO.CC(O)CO.CO.Cl.Cl. The fourth-order valence-corrected chi connectivity index (χ4v) is 0. The summed E-state index contributed by atoms with van der Waals surface area (Å²) < 4.78 is 0. The van der Waals surface area contributed by atoms with Crippen LogP contribution in [0.4, 0.5) is 0 Å². The Kier molecular flexibility index (Phi) is 91.0. The van der Waals surface area contributed by atoms with Crippen LogP contribution in [-0.2, 0) is 0 Å². The van der Waals surface area contributed by atoms with Crippen molar-refractivity contribution in [3.63, 3.8) is 0 Å². The Morgan fingerprint density at radius 1 is 0.379 bits per heavy atom. The second-order valence-electron chi connectivity index (χ2n) is 5.16. The molecular weight excluding hydrogens is 439 g/mol. The molecule has 13 heteroatoms. The predicted octanol–water partition coefficient (Wildman–Crippen LogP) is -2.75. The molecule has 0 aliphatic rings. The van der Waals surface area contributed by atoms with Crippen LogP contribution in [0.2, 0.25) is 0 Å². The molecule has 5 unspecified atom stereocenters. The minimum atomic E-state index is -0.560. The van der Waals surface area contributed by atoms with Crippen molar-refractivity contribution in [1.82, 2.24) is 0 Å². The summed E-state index contributed by atoms with van der Waals surface area (Å²) in [5, 5.41) is 87.0. The maximum Gasteiger partial charge on any atom is 0.0742 e. The van der Waals surface area contributed by atoms with Gasteiger partial charge in [-0.15, -0.1) is 24.8 Å². The maximum atomic E-state index is 8.11. The number of aliphatic hydroxyl groups excluding tert-OH is 11. The molecule has 0 heterocycles. The van der Waals surface area contributed by atoms with E-state index in [-0.39, 0.29) is 57.8 Å². The number of hydrogen-bond acceptors (Lipinski definition) is 11. The second kappa shape index (κ2) is 51.1. The van der Waals surface area contributed by atoms with Gasteiger partial charge < -0.3 is 56.2 Å². The molecule has 0 aliphatic carbocycles. The van der Waals surface area contributed by atoms with Gasteiger partial charge in [-0.05, 0) is 34.6 Å². The third-order valence-corrected chi connectivity index (χ3v) is 1.32. The fraction of sp³-hybridized carbons (Fsp3) is 1.00. The molecule has 0 aromatic heterocycles. The van der Waals surface area contributed by atoms with E-state index in [1.54, 1.807) is 0 Å². The van der Waals surface area contributed by atoms with E-state index in [2.05, 4.69) is 0 Å². The Morgan fingerprint density at radius 3 is 0.414 bits per heavy atom. The number of rotatable bonds is 5. The molecule has 0 fully saturated rings. The smallest absolute Gasteiger partial charge is 0.0742 e. The first-order chi connectivity index (χ1) is 12.4. The predicted molar refractivity (Wildman–Crippen MR) is 116 cm³/mol. The highest BCUT2D eigenvalue weighted by Crippen LogP contribution is 1.70. The molecule has 190 valence electrons. The Morgan fingerprint density at radius 2 is 0.414 bits per heavy atom. The van der Waals surface area contributed by atoms with Gasteiger partial charge in [0.05, 0.1) is 63.6 Å². The molecule has 29 heavy (non-hydrogen) atoms. The van der Waals surface area contributed by atoms with E-state index < -0.39 is 30.5 Å². The largest absolute Gasteiger partial charge is 0.400 e. The summed E-state index contributed by atoms with van der Waals surface area (Å²) >= 11 is 0. The highest BCUT2D eigenvalue weighted by molar-refractivity contribution is 5.85. The van der Waals surface area contributed by atoms with Crippen molar-refractivity contribution in [2.24, 2.45) is 0 Å². The highest BCUT2D eigenvalue weighted by atomic mass is 35.5. The lowest BCUT2D eigenvalue weighted by Crippen LogP contribution is -2.03. The minimum Gasteiger partial charge on any atom is -0.400 e. The Hall–Kier alpha value is 0.140. The van der Waals surface area contributed by atoms with Crippen molar-refractivity contribution >= 4 is 24.8 Å². The van der Waals surface area contributed by atoms with Gasteiger partial charge in [-0.25, -0.2) is 0 Å². The van der Waals surface area contributed by atoms with E-state index >= 15 is 0 Å². The molecule has 0 amide bonds. The van der Waals surface area contributed by atoms with Crippen molar-refractivity contribution in [2.75, 3.05) is 40.1 Å². The topological polar surface area (TPSA) is 223 Å². The third kappa shape index (κ3) is 187. The Bertz CT molecular complexity index is 153. The summed E-state index contributed by atoms with van der Waals surface area (Å²) in [6.45, 7) is 6.94. The molecule has 0 bridgehead atoms. The molecule has 0 rings (SSSR count). The lowest BCUT2D eigenvalue weighted by Gasteiger charge is -1.90. The average molecular weight is 485 g/mol. The van der Waals surface area contributed by atoms with Crippen molar-refractivity contribution in [3.8, 4) is 0 Å². The van der Waals surface area contributed by atoms with Crippen molar-refractivity contribution in [3.05, 3.63) is 0 Å². The van der Waals surface area contributed by atoms with Gasteiger partial charge in [0.2, 0.25) is 0 Å². The van der Waals surface area contributed by atoms with Crippen LogP contribution in [0.3, 0.4) is 0 Å². The van der Waals surface area contributed by atoms with Gasteiger partial charge in [0.25, 0.3) is 0 Å². The summed E-state index contributed by atoms with van der Waals surface area (Å²) in [4.78, 5) is 0. The lowest BCUT2D eigenvalue weighted by molar-refractivity contribution is 0.110. The first-order valence-electron chi connectivity index (χ1n) is 8.25. The van der Waals surface area contributed by atoms with Gasteiger partial charge in [0, 0.05) is 7.11 Å². The summed E-state index contributed by atoms with van der Waals surface area (Å²) in [6.07, 6.45) is -2.80. The van der Waals surface area contributed by atoms with Crippen LogP contribution in [-0.4, -0.2) is 127 Å². The lowest BCUT2D eigenvalue weighted by atomic mass is 10.5. The molecule has 5 atom stereocenters. The van der Waals surface area contributed by atoms with E-state index in [9.17, 15) is 0 Å². The van der Waals surface area contributed by atoms with Crippen LogP contribution in [0, 0.1) is 0 Å². The fourth-order valence-electron chi connectivity index (χ4n) is 0. The van der Waals surface area contributed by atoms with Crippen molar-refractivity contribution in [1.29, 1.82) is 0 Å². The summed E-state index contributed by atoms with van der Waals surface area (Å²) in [5.41, 5.74) is 0. The van der Waals surface area contributed by atoms with Crippen LogP contribution in [0.1, 0.15) is 34.6 Å². The first-order valence-corrected chi connectivity index (χ1v) is 8.25. The van der Waals surface area contributed by atoms with Gasteiger partial charge in [-0.3, -0.25) is 0 Å². The zero-order chi connectivity index (χ0) is 23.4. The molecular formula is C16H46Cl2O11. The van der Waals surface area contributed by atoms with E-state index in [1.807, 2.05) is 0 Å². The molecule has 0 saturated heterocycles. The molecule has 0 aromatic carbocycles. The average Bonchev–Trinajstić information content (AvgIpc) is 2.64. The van der Waals surface area contributed by atoms with Gasteiger partial charge in [-0.1, -0.05) is 0 Å². The normalized spacial score (nSPS) is 13.1. The Balaban J connectivity index is -0.0000000305. The van der Waals surface area contributed by atoms with Crippen molar-refractivity contribution < 1.29 is 56.2 Å². The molecule has 0 radical (unpaired) electrons. The zero-order valence-electron chi connectivity index (χ0n) is 18.2. The standard InChI is InChI=1S/5C3H8O2.CH4O.2ClH/c5*1-3(5)2-4;1-2;;/h5*3-5H,2H2,1H3;2H,1H3;2*1H. The van der Waals surface area contributed by atoms with Gasteiger partial charge in [-0.2, -0.15) is 0 Å². The first kappa shape index (κ1) is 51.6. The number of hydrogen-bond donors (Lipinski definition) is 11. The van der Waals surface area contributed by atoms with Crippen LogP contribution >= 0.6 is 24.8 Å². The quantitative estimate of drug-likeness (QED) is 0.191. The van der Waals surface area contributed by atoms with Gasteiger partial charge in [0.15, 0.2) is 0 Å². The molecule has 0 saturated carbocycles. The maximum absolute atomic E-state index is 8.11. The van der Waals surface area contributed by atoms with Gasteiger partial charge >= 0.3 is 0 Å². The Labute approximate surface area is 186 Å². The third-order valence-electron chi connectivity index (χ3n) is 1.32. The number of halogens is 2.